The molecule has 2 aromatic heterocycles. The summed E-state index contributed by atoms with van der Waals surface area (Å²) in [6.07, 6.45) is -2.25. The van der Waals surface area contributed by atoms with E-state index in [4.69, 9.17) is 0 Å². The molecule has 11 heteroatoms. The van der Waals surface area contributed by atoms with Crippen molar-refractivity contribution in [2.75, 3.05) is 49.1 Å². The lowest BCUT2D eigenvalue weighted by Gasteiger charge is -2.43. The van der Waals surface area contributed by atoms with Gasteiger partial charge in [-0.3, -0.25) is 4.90 Å². The van der Waals surface area contributed by atoms with E-state index >= 15 is 0 Å². The molecule has 0 aliphatic carbocycles. The van der Waals surface area contributed by atoms with Gasteiger partial charge < -0.3 is 9.80 Å². The van der Waals surface area contributed by atoms with Gasteiger partial charge in [0.15, 0.2) is 10.8 Å². The number of aryl methyl sites for hydroxylation is 1. The highest BCUT2D eigenvalue weighted by molar-refractivity contribution is 7.09. The largest absolute Gasteiger partial charge is 0.416 e. The Kier molecular flexibility index (Phi) is 6.39. The minimum Gasteiger partial charge on any atom is -0.369 e. The highest BCUT2D eigenvalue weighted by Crippen LogP contribution is 2.32. The first-order valence-electron chi connectivity index (χ1n) is 11.4. The number of halogens is 3. The molecule has 2 aliphatic heterocycles. The number of aromatic nitrogens is 4. The maximum absolute atomic E-state index is 13.0. The number of benzene rings is 1. The molecule has 0 N–H and O–H groups in total. The van der Waals surface area contributed by atoms with Gasteiger partial charge in [0.25, 0.3) is 0 Å². The Hall–Kier alpha value is -2.79. The van der Waals surface area contributed by atoms with E-state index in [1.54, 1.807) is 6.07 Å². The summed E-state index contributed by atoms with van der Waals surface area (Å²) in [5.74, 6) is 1.61. The summed E-state index contributed by atoms with van der Waals surface area (Å²) in [4.78, 5) is 11.2. The van der Waals surface area contributed by atoms with E-state index in [0.717, 1.165) is 80.5 Å². The second-order valence-corrected chi connectivity index (χ2v) is 9.46. The Morgan fingerprint density at radius 3 is 2.29 bits per heavy atom. The first-order chi connectivity index (χ1) is 16.4. The predicted octanol–water partition coefficient (Wildman–Crippen LogP) is 4.11. The van der Waals surface area contributed by atoms with Gasteiger partial charge in [0, 0.05) is 51.0 Å². The molecule has 1 aromatic carbocycles. The van der Waals surface area contributed by atoms with E-state index in [2.05, 4.69) is 34.3 Å². The molecule has 0 saturated carbocycles. The van der Waals surface area contributed by atoms with Gasteiger partial charge in [-0.2, -0.15) is 17.5 Å². The fourth-order valence-corrected chi connectivity index (χ4v) is 5.33. The third kappa shape index (κ3) is 5.00. The van der Waals surface area contributed by atoms with Crippen molar-refractivity contribution in [3.05, 3.63) is 47.8 Å². The second-order valence-electron chi connectivity index (χ2n) is 8.71. The van der Waals surface area contributed by atoms with Crippen LogP contribution >= 0.6 is 11.5 Å². The molecule has 34 heavy (non-hydrogen) atoms. The zero-order chi connectivity index (χ0) is 23.7. The molecule has 0 amide bonds. The Balaban J connectivity index is 1.13. The molecule has 4 heterocycles. The SMILES string of the molecule is Cc1nsc(-c2ccc(N3CCC(N4CCN(c5cccc(C(F)(F)F)c5)CC4)CC3)nn2)n1. The number of hydrogen-bond acceptors (Lipinski definition) is 8. The molecule has 180 valence electrons. The van der Waals surface area contributed by atoms with Gasteiger partial charge in [-0.1, -0.05) is 6.07 Å². The van der Waals surface area contributed by atoms with E-state index < -0.39 is 11.7 Å². The predicted molar refractivity (Wildman–Crippen MR) is 126 cm³/mol. The average molecular weight is 490 g/mol. The third-order valence-electron chi connectivity index (χ3n) is 6.55. The minimum absolute atomic E-state index is 0.483. The number of anilines is 2. The molecular formula is C23H26F3N7S. The monoisotopic (exact) mass is 489 g/mol. The number of piperidine rings is 1. The number of piperazine rings is 1. The smallest absolute Gasteiger partial charge is 0.369 e. The molecule has 0 atom stereocenters. The zero-order valence-corrected chi connectivity index (χ0v) is 19.7. The van der Waals surface area contributed by atoms with Crippen molar-refractivity contribution < 1.29 is 13.2 Å². The lowest BCUT2D eigenvalue weighted by molar-refractivity contribution is -0.137. The van der Waals surface area contributed by atoms with Gasteiger partial charge in [0.2, 0.25) is 0 Å². The Morgan fingerprint density at radius 1 is 0.912 bits per heavy atom. The Morgan fingerprint density at radius 2 is 1.68 bits per heavy atom. The summed E-state index contributed by atoms with van der Waals surface area (Å²) in [6, 6.07) is 10.1. The van der Waals surface area contributed by atoms with E-state index in [0.29, 0.717) is 11.7 Å². The van der Waals surface area contributed by atoms with E-state index in [9.17, 15) is 13.2 Å². The molecule has 0 spiro atoms. The van der Waals surface area contributed by atoms with Crippen molar-refractivity contribution in [1.82, 2.24) is 24.5 Å². The van der Waals surface area contributed by atoms with Crippen LogP contribution in [0.15, 0.2) is 36.4 Å². The van der Waals surface area contributed by atoms with Crippen LogP contribution < -0.4 is 9.80 Å². The molecule has 2 saturated heterocycles. The molecule has 5 rings (SSSR count). The van der Waals surface area contributed by atoms with Crippen molar-refractivity contribution in [1.29, 1.82) is 0 Å². The normalized spacial score (nSPS) is 18.5. The van der Waals surface area contributed by atoms with Crippen LogP contribution in [0.3, 0.4) is 0 Å². The van der Waals surface area contributed by atoms with Crippen molar-refractivity contribution in [2.24, 2.45) is 0 Å². The molecule has 3 aromatic rings. The van der Waals surface area contributed by atoms with Crippen LogP contribution in [0.25, 0.3) is 10.7 Å². The zero-order valence-electron chi connectivity index (χ0n) is 18.9. The third-order valence-corrected chi connectivity index (χ3v) is 7.38. The maximum Gasteiger partial charge on any atom is 0.416 e. The Bertz CT molecular complexity index is 1100. The maximum atomic E-state index is 13.0. The van der Waals surface area contributed by atoms with Gasteiger partial charge in [-0.15, -0.1) is 10.2 Å². The number of nitrogens with zero attached hydrogens (tertiary/aromatic N) is 7. The van der Waals surface area contributed by atoms with Crippen molar-refractivity contribution in [3.63, 3.8) is 0 Å². The van der Waals surface area contributed by atoms with Gasteiger partial charge in [0.05, 0.1) is 5.56 Å². The van der Waals surface area contributed by atoms with E-state index in [1.165, 1.54) is 23.7 Å². The van der Waals surface area contributed by atoms with Crippen molar-refractivity contribution in [2.45, 2.75) is 32.0 Å². The molecule has 7 nitrogen and oxygen atoms in total. The quantitative estimate of drug-likeness (QED) is 0.547. The molecule has 2 fully saturated rings. The summed E-state index contributed by atoms with van der Waals surface area (Å²) in [5, 5.41) is 9.52. The Labute approximate surface area is 200 Å². The topological polar surface area (TPSA) is 61.3 Å². The van der Waals surface area contributed by atoms with Crippen LogP contribution in [0.4, 0.5) is 24.7 Å². The van der Waals surface area contributed by atoms with Crippen LogP contribution in [-0.2, 0) is 6.18 Å². The molecule has 0 unspecified atom stereocenters. The second kappa shape index (κ2) is 9.46. The van der Waals surface area contributed by atoms with Gasteiger partial charge in [-0.25, -0.2) is 4.98 Å². The fourth-order valence-electron chi connectivity index (χ4n) is 4.69. The highest BCUT2D eigenvalue weighted by atomic mass is 32.1. The summed E-state index contributed by atoms with van der Waals surface area (Å²) in [5.41, 5.74) is 0.798. The summed E-state index contributed by atoms with van der Waals surface area (Å²) < 4.78 is 43.3. The van der Waals surface area contributed by atoms with Crippen molar-refractivity contribution in [3.8, 4) is 10.7 Å². The van der Waals surface area contributed by atoms with Gasteiger partial charge >= 0.3 is 6.18 Å². The first-order valence-corrected chi connectivity index (χ1v) is 12.2. The first kappa shape index (κ1) is 23.0. The average Bonchev–Trinajstić information content (AvgIpc) is 3.30. The standard InChI is InChI=1S/C23H26F3N7S/c1-16-27-22(34-30-16)20-5-6-21(29-28-20)33-9-7-18(8-10-33)31-11-13-32(14-12-31)19-4-2-3-17(15-19)23(24,25)26/h2-6,15,18H,7-14H2,1H3. The number of hydrogen-bond donors (Lipinski definition) is 0. The van der Waals surface area contributed by atoms with E-state index in [1.807, 2.05) is 19.1 Å². The molecule has 0 radical (unpaired) electrons. The van der Waals surface area contributed by atoms with E-state index in [-0.39, 0.29) is 0 Å². The summed E-state index contributed by atoms with van der Waals surface area (Å²) in [6.45, 7) is 6.86. The van der Waals surface area contributed by atoms with Crippen LogP contribution in [0.1, 0.15) is 24.2 Å². The van der Waals surface area contributed by atoms with Crippen LogP contribution in [0.2, 0.25) is 0 Å². The van der Waals surface area contributed by atoms with Crippen LogP contribution in [0, 0.1) is 6.92 Å². The van der Waals surface area contributed by atoms with Crippen LogP contribution in [0.5, 0.6) is 0 Å². The van der Waals surface area contributed by atoms with Gasteiger partial charge in [0.1, 0.15) is 11.5 Å². The molecular weight excluding hydrogens is 463 g/mol. The summed E-state index contributed by atoms with van der Waals surface area (Å²) >= 11 is 1.32. The fraction of sp³-hybridized carbons (Fsp3) is 0.478. The number of alkyl halides is 3. The molecule has 0 bridgehead atoms. The highest BCUT2D eigenvalue weighted by Gasteiger charge is 2.32. The lowest BCUT2D eigenvalue weighted by Crippen LogP contribution is -2.53. The van der Waals surface area contributed by atoms with Crippen molar-refractivity contribution >= 4 is 23.0 Å². The summed E-state index contributed by atoms with van der Waals surface area (Å²) in [7, 11) is 0. The van der Waals surface area contributed by atoms with Gasteiger partial charge in [-0.05, 0) is 61.6 Å². The lowest BCUT2D eigenvalue weighted by atomic mass is 10.0. The molecule has 2 aliphatic rings. The van der Waals surface area contributed by atoms with Crippen LogP contribution in [-0.4, -0.2) is 69.8 Å². The number of rotatable bonds is 4. The minimum atomic E-state index is -4.31.